The first-order chi connectivity index (χ1) is 10.0. The Labute approximate surface area is 124 Å². The number of aryl methyl sites for hydroxylation is 1. The van der Waals surface area contributed by atoms with E-state index >= 15 is 0 Å². The molecule has 7 heteroatoms. The third kappa shape index (κ3) is 2.33. The van der Waals surface area contributed by atoms with Gasteiger partial charge in [-0.1, -0.05) is 6.07 Å². The molecule has 6 nitrogen and oxygen atoms in total. The van der Waals surface area contributed by atoms with Gasteiger partial charge in [-0.15, -0.1) is 11.3 Å². The molecule has 0 saturated heterocycles. The van der Waals surface area contributed by atoms with E-state index < -0.39 is 17.4 Å². The summed E-state index contributed by atoms with van der Waals surface area (Å²) in [6.07, 6.45) is 1.69. The van der Waals surface area contributed by atoms with Crippen molar-refractivity contribution in [3.63, 3.8) is 0 Å². The summed E-state index contributed by atoms with van der Waals surface area (Å²) in [5.74, 6) is -0.732. The minimum Gasteiger partial charge on any atom is -0.480 e. The average molecular weight is 306 g/mol. The molecule has 0 atom stereocenters. The lowest BCUT2D eigenvalue weighted by atomic mass is 9.76. The zero-order valence-electron chi connectivity index (χ0n) is 11.4. The van der Waals surface area contributed by atoms with Crippen LogP contribution in [0.15, 0.2) is 21.9 Å². The van der Waals surface area contributed by atoms with E-state index in [4.69, 9.17) is 4.42 Å². The van der Waals surface area contributed by atoms with Crippen molar-refractivity contribution in [1.29, 1.82) is 0 Å². The molecule has 0 unspecified atom stereocenters. The minimum absolute atomic E-state index is 0.144. The van der Waals surface area contributed by atoms with Crippen molar-refractivity contribution in [2.24, 2.45) is 0 Å². The Hall–Kier alpha value is -2.15. The molecule has 0 aliphatic heterocycles. The number of aliphatic carboxylic acids is 1. The van der Waals surface area contributed by atoms with E-state index in [9.17, 15) is 14.7 Å². The maximum atomic E-state index is 12.3. The van der Waals surface area contributed by atoms with E-state index in [0.717, 1.165) is 11.3 Å². The minimum atomic E-state index is -1.15. The maximum absolute atomic E-state index is 12.3. The van der Waals surface area contributed by atoms with E-state index in [1.54, 1.807) is 6.92 Å². The number of carbonyl (C=O) groups is 2. The van der Waals surface area contributed by atoms with Gasteiger partial charge in [-0.2, -0.15) is 0 Å². The van der Waals surface area contributed by atoms with E-state index in [1.807, 2.05) is 17.5 Å². The number of carboxylic acid groups (broad SMARTS) is 1. The summed E-state index contributed by atoms with van der Waals surface area (Å²) in [5.41, 5.74) is -1.00. The van der Waals surface area contributed by atoms with Crippen LogP contribution in [0.25, 0.3) is 10.8 Å². The fourth-order valence-corrected chi connectivity index (χ4v) is 2.96. The quantitative estimate of drug-likeness (QED) is 0.905. The largest absolute Gasteiger partial charge is 0.480 e. The van der Waals surface area contributed by atoms with Crippen LogP contribution < -0.4 is 5.32 Å². The molecule has 21 heavy (non-hydrogen) atoms. The third-order valence-electron chi connectivity index (χ3n) is 3.71. The van der Waals surface area contributed by atoms with Gasteiger partial charge < -0.3 is 14.8 Å². The number of nitrogens with one attached hydrogen (secondary N) is 1. The third-order valence-corrected chi connectivity index (χ3v) is 4.57. The molecule has 2 heterocycles. The molecule has 2 aromatic rings. The van der Waals surface area contributed by atoms with Crippen molar-refractivity contribution in [1.82, 2.24) is 10.3 Å². The molecule has 0 spiro atoms. The summed E-state index contributed by atoms with van der Waals surface area (Å²) in [6.45, 7) is 1.65. The first-order valence-electron chi connectivity index (χ1n) is 6.59. The zero-order valence-corrected chi connectivity index (χ0v) is 12.2. The van der Waals surface area contributed by atoms with E-state index in [2.05, 4.69) is 10.3 Å². The van der Waals surface area contributed by atoms with Crippen molar-refractivity contribution >= 4 is 23.2 Å². The highest BCUT2D eigenvalue weighted by Gasteiger charge is 2.46. The summed E-state index contributed by atoms with van der Waals surface area (Å²) in [5, 5.41) is 13.7. The molecule has 2 N–H and O–H groups in total. The number of nitrogens with zero attached hydrogens (tertiary/aromatic N) is 1. The first-order valence-corrected chi connectivity index (χ1v) is 7.47. The summed E-state index contributed by atoms with van der Waals surface area (Å²) >= 11 is 1.46. The molecule has 1 saturated carbocycles. The molecule has 2 aromatic heterocycles. The van der Waals surface area contributed by atoms with Crippen LogP contribution in [0, 0.1) is 6.92 Å². The Morgan fingerprint density at radius 1 is 1.48 bits per heavy atom. The Morgan fingerprint density at radius 3 is 2.76 bits per heavy atom. The fourth-order valence-electron chi connectivity index (χ4n) is 2.31. The molecule has 110 valence electrons. The zero-order chi connectivity index (χ0) is 15.0. The topological polar surface area (TPSA) is 92.4 Å². The molecule has 1 aliphatic rings. The van der Waals surface area contributed by atoms with Crippen molar-refractivity contribution in [2.45, 2.75) is 31.7 Å². The van der Waals surface area contributed by atoms with Crippen LogP contribution in [-0.4, -0.2) is 27.5 Å². The van der Waals surface area contributed by atoms with Gasteiger partial charge in [-0.25, -0.2) is 9.78 Å². The predicted octanol–water partition coefficient (Wildman–Crippen LogP) is 2.45. The average Bonchev–Trinajstić information content (AvgIpc) is 3.01. The number of aromatic nitrogens is 1. The standard InChI is InChI=1S/C14H14N2O4S/c1-8-10(15-12(20-8)9-4-2-7-21-9)11(17)16-14(13(18)19)5-3-6-14/h2,4,7H,3,5-6H2,1H3,(H,16,17)(H,18,19). The van der Waals surface area contributed by atoms with Gasteiger partial charge in [0, 0.05) is 0 Å². The van der Waals surface area contributed by atoms with Gasteiger partial charge >= 0.3 is 5.97 Å². The Bertz CT molecular complexity index is 686. The fraction of sp³-hybridized carbons (Fsp3) is 0.357. The van der Waals surface area contributed by atoms with Crippen molar-refractivity contribution in [3.05, 3.63) is 29.0 Å². The highest BCUT2D eigenvalue weighted by molar-refractivity contribution is 7.13. The summed E-state index contributed by atoms with van der Waals surface area (Å²) in [4.78, 5) is 28.6. The number of rotatable bonds is 4. The predicted molar refractivity (Wildman–Crippen MR) is 76.2 cm³/mol. The molecule has 1 fully saturated rings. The van der Waals surface area contributed by atoms with Gasteiger partial charge in [0.25, 0.3) is 5.91 Å². The van der Waals surface area contributed by atoms with Gasteiger partial charge in [0.2, 0.25) is 5.89 Å². The molecular weight excluding hydrogens is 292 g/mol. The van der Waals surface area contributed by atoms with Crippen LogP contribution in [0.5, 0.6) is 0 Å². The van der Waals surface area contributed by atoms with E-state index in [1.165, 1.54) is 11.3 Å². The Balaban J connectivity index is 1.84. The second-order valence-electron chi connectivity index (χ2n) is 5.10. The van der Waals surface area contributed by atoms with E-state index in [-0.39, 0.29) is 5.69 Å². The number of oxazole rings is 1. The lowest BCUT2D eigenvalue weighted by Crippen LogP contribution is -2.59. The summed E-state index contributed by atoms with van der Waals surface area (Å²) < 4.78 is 5.50. The molecule has 1 aliphatic carbocycles. The monoisotopic (exact) mass is 306 g/mol. The van der Waals surface area contributed by atoms with Crippen LogP contribution in [0.2, 0.25) is 0 Å². The molecular formula is C14H14N2O4S. The van der Waals surface area contributed by atoms with Crippen molar-refractivity contribution < 1.29 is 19.1 Å². The SMILES string of the molecule is Cc1oc(-c2cccs2)nc1C(=O)NC1(C(=O)O)CCC1. The molecule has 0 radical (unpaired) electrons. The summed E-state index contributed by atoms with van der Waals surface area (Å²) in [6, 6.07) is 3.72. The van der Waals surface area contributed by atoms with Gasteiger partial charge in [-0.3, -0.25) is 4.79 Å². The Kier molecular flexibility index (Phi) is 3.29. The number of hydrogen-bond donors (Lipinski definition) is 2. The molecule has 1 amide bonds. The summed E-state index contributed by atoms with van der Waals surface area (Å²) in [7, 11) is 0. The Morgan fingerprint density at radius 2 is 2.24 bits per heavy atom. The second-order valence-corrected chi connectivity index (χ2v) is 6.04. The number of thiophene rings is 1. The van der Waals surface area contributed by atoms with Crippen molar-refractivity contribution in [2.75, 3.05) is 0 Å². The smallest absolute Gasteiger partial charge is 0.329 e. The van der Waals surface area contributed by atoms with Gasteiger partial charge in [0.15, 0.2) is 5.69 Å². The normalized spacial score (nSPS) is 16.2. The number of carbonyl (C=O) groups excluding carboxylic acids is 1. The van der Waals surface area contributed by atoms with Crippen molar-refractivity contribution in [3.8, 4) is 10.8 Å². The van der Waals surface area contributed by atoms with Gasteiger partial charge in [0.1, 0.15) is 11.3 Å². The van der Waals surface area contributed by atoms with Crippen LogP contribution in [0.3, 0.4) is 0 Å². The van der Waals surface area contributed by atoms with Gasteiger partial charge in [-0.05, 0) is 37.6 Å². The highest BCUT2D eigenvalue weighted by atomic mass is 32.1. The molecule has 0 bridgehead atoms. The first kappa shape index (κ1) is 13.8. The number of amides is 1. The lowest BCUT2D eigenvalue weighted by Gasteiger charge is -2.37. The molecule has 3 rings (SSSR count). The maximum Gasteiger partial charge on any atom is 0.329 e. The van der Waals surface area contributed by atoms with Crippen LogP contribution in [0.1, 0.15) is 35.5 Å². The number of carboxylic acids is 1. The van der Waals surface area contributed by atoms with Crippen LogP contribution in [0.4, 0.5) is 0 Å². The lowest BCUT2D eigenvalue weighted by molar-refractivity contribution is -0.148. The van der Waals surface area contributed by atoms with Crippen LogP contribution in [-0.2, 0) is 4.79 Å². The number of hydrogen-bond acceptors (Lipinski definition) is 5. The second kappa shape index (κ2) is 5.00. The highest BCUT2D eigenvalue weighted by Crippen LogP contribution is 2.33. The van der Waals surface area contributed by atoms with Gasteiger partial charge in [0.05, 0.1) is 4.88 Å². The van der Waals surface area contributed by atoms with Crippen LogP contribution >= 0.6 is 11.3 Å². The van der Waals surface area contributed by atoms with E-state index in [0.29, 0.717) is 24.5 Å². The molecule has 0 aromatic carbocycles.